The second-order valence-electron chi connectivity index (χ2n) is 9.80. The van der Waals surface area contributed by atoms with Gasteiger partial charge >= 0.3 is 6.09 Å². The standard InChI is InChI=1S/C25H40N2O4/c1-25(2,3)31-24(30)27-21(16-19-13-9-6-10-14-19)22(28)17-20(23(29)26-4)15-18-11-7-5-8-12-18/h5,7-8,11-12,19-22,28H,6,9-10,13-17H2,1-4H3,(H,26,29)(H,27,30)/t20-,21+,22+/m1/s1. The Morgan fingerprint density at radius 3 is 2.35 bits per heavy atom. The first kappa shape index (κ1) is 25.2. The van der Waals surface area contributed by atoms with Crippen LogP contribution < -0.4 is 10.6 Å². The molecule has 0 radical (unpaired) electrons. The highest BCUT2D eigenvalue weighted by Crippen LogP contribution is 2.29. The van der Waals surface area contributed by atoms with Gasteiger partial charge in [-0.2, -0.15) is 0 Å². The lowest BCUT2D eigenvalue weighted by atomic mass is 9.82. The van der Waals surface area contributed by atoms with E-state index >= 15 is 0 Å². The molecule has 1 aromatic carbocycles. The van der Waals surface area contributed by atoms with Crippen LogP contribution in [0.4, 0.5) is 4.79 Å². The summed E-state index contributed by atoms with van der Waals surface area (Å²) in [7, 11) is 1.62. The maximum Gasteiger partial charge on any atom is 0.407 e. The van der Waals surface area contributed by atoms with Crippen LogP contribution in [-0.4, -0.2) is 41.9 Å². The van der Waals surface area contributed by atoms with Crippen molar-refractivity contribution in [3.8, 4) is 0 Å². The van der Waals surface area contributed by atoms with Crippen molar-refractivity contribution in [2.75, 3.05) is 7.05 Å². The topological polar surface area (TPSA) is 87.7 Å². The van der Waals surface area contributed by atoms with E-state index in [1.807, 2.05) is 51.1 Å². The summed E-state index contributed by atoms with van der Waals surface area (Å²) in [5.74, 6) is -0.0100. The van der Waals surface area contributed by atoms with Crippen LogP contribution in [0.25, 0.3) is 0 Å². The summed E-state index contributed by atoms with van der Waals surface area (Å²) in [6.07, 6.45) is 6.02. The molecular weight excluding hydrogens is 392 g/mol. The van der Waals surface area contributed by atoms with Gasteiger partial charge in [0.2, 0.25) is 5.91 Å². The smallest absolute Gasteiger partial charge is 0.407 e. The molecule has 1 fully saturated rings. The third kappa shape index (κ3) is 9.30. The second kappa shape index (κ2) is 12.1. The molecule has 0 aliphatic heterocycles. The molecule has 0 bridgehead atoms. The monoisotopic (exact) mass is 432 g/mol. The van der Waals surface area contributed by atoms with Crippen molar-refractivity contribution in [1.29, 1.82) is 0 Å². The van der Waals surface area contributed by atoms with E-state index < -0.39 is 23.8 Å². The first-order valence-corrected chi connectivity index (χ1v) is 11.6. The molecule has 0 aromatic heterocycles. The van der Waals surface area contributed by atoms with Gasteiger partial charge in [-0.25, -0.2) is 4.79 Å². The van der Waals surface area contributed by atoms with Crippen molar-refractivity contribution in [3.05, 3.63) is 35.9 Å². The van der Waals surface area contributed by atoms with Crippen LogP contribution >= 0.6 is 0 Å². The van der Waals surface area contributed by atoms with E-state index in [2.05, 4.69) is 10.6 Å². The van der Waals surface area contributed by atoms with Gasteiger partial charge in [0, 0.05) is 13.0 Å². The highest BCUT2D eigenvalue weighted by atomic mass is 16.6. The Morgan fingerprint density at radius 1 is 1.13 bits per heavy atom. The van der Waals surface area contributed by atoms with Crippen molar-refractivity contribution in [3.63, 3.8) is 0 Å². The minimum Gasteiger partial charge on any atom is -0.444 e. The van der Waals surface area contributed by atoms with Crippen molar-refractivity contribution >= 4 is 12.0 Å². The Morgan fingerprint density at radius 2 is 1.77 bits per heavy atom. The van der Waals surface area contributed by atoms with Gasteiger partial charge in [-0.3, -0.25) is 4.79 Å². The Kier molecular flexibility index (Phi) is 9.82. The third-order valence-corrected chi connectivity index (χ3v) is 5.95. The molecule has 31 heavy (non-hydrogen) atoms. The summed E-state index contributed by atoms with van der Waals surface area (Å²) < 4.78 is 5.44. The van der Waals surface area contributed by atoms with Crippen LogP contribution in [0, 0.1) is 11.8 Å². The van der Waals surface area contributed by atoms with E-state index in [9.17, 15) is 14.7 Å². The predicted octanol–water partition coefficient (Wildman–Crippen LogP) is 4.21. The fourth-order valence-electron chi connectivity index (χ4n) is 4.39. The molecule has 1 saturated carbocycles. The highest BCUT2D eigenvalue weighted by molar-refractivity contribution is 5.78. The van der Waals surface area contributed by atoms with E-state index in [0.29, 0.717) is 18.8 Å². The predicted molar refractivity (Wildman–Crippen MR) is 123 cm³/mol. The number of rotatable bonds is 9. The Bertz CT molecular complexity index is 681. The first-order valence-electron chi connectivity index (χ1n) is 11.6. The summed E-state index contributed by atoms with van der Waals surface area (Å²) in [5.41, 5.74) is 0.440. The molecule has 3 atom stereocenters. The Balaban J connectivity index is 2.10. The number of aliphatic hydroxyl groups is 1. The molecule has 6 heteroatoms. The van der Waals surface area contributed by atoms with Crippen LogP contribution in [0.3, 0.4) is 0 Å². The number of amides is 2. The van der Waals surface area contributed by atoms with Crippen LogP contribution in [0.1, 0.15) is 71.3 Å². The maximum absolute atomic E-state index is 12.5. The quantitative estimate of drug-likeness (QED) is 0.546. The molecule has 0 unspecified atom stereocenters. The number of carbonyl (C=O) groups excluding carboxylic acids is 2. The van der Waals surface area contributed by atoms with Crippen LogP contribution in [-0.2, 0) is 16.0 Å². The molecule has 0 saturated heterocycles. The molecule has 1 aliphatic carbocycles. The maximum atomic E-state index is 12.5. The summed E-state index contributed by atoms with van der Waals surface area (Å²) >= 11 is 0. The van der Waals surface area contributed by atoms with E-state index in [0.717, 1.165) is 18.4 Å². The lowest BCUT2D eigenvalue weighted by molar-refractivity contribution is -0.125. The molecule has 174 valence electrons. The number of hydrogen-bond donors (Lipinski definition) is 3. The number of nitrogens with one attached hydrogen (secondary N) is 2. The fraction of sp³-hybridized carbons (Fsp3) is 0.680. The number of ether oxygens (including phenoxy) is 1. The SMILES string of the molecule is CNC(=O)[C@H](Cc1ccccc1)C[C@H](O)[C@H](CC1CCCCC1)NC(=O)OC(C)(C)C. The summed E-state index contributed by atoms with van der Waals surface area (Å²) in [6, 6.07) is 9.37. The molecule has 1 aromatic rings. The Labute approximate surface area is 187 Å². The van der Waals surface area contributed by atoms with Gasteiger partial charge in [0.15, 0.2) is 0 Å². The van der Waals surface area contributed by atoms with Gasteiger partial charge in [0.25, 0.3) is 0 Å². The van der Waals surface area contributed by atoms with E-state index in [4.69, 9.17) is 4.74 Å². The molecule has 2 amide bonds. The van der Waals surface area contributed by atoms with Gasteiger partial charge in [-0.1, -0.05) is 62.4 Å². The van der Waals surface area contributed by atoms with Crippen molar-refractivity contribution in [2.24, 2.45) is 11.8 Å². The Hall–Kier alpha value is -2.08. The highest BCUT2D eigenvalue weighted by Gasteiger charge is 2.31. The molecule has 0 heterocycles. The zero-order valence-electron chi connectivity index (χ0n) is 19.5. The van der Waals surface area contributed by atoms with Crippen molar-refractivity contribution in [2.45, 2.75) is 89.9 Å². The van der Waals surface area contributed by atoms with Gasteiger partial charge < -0.3 is 20.5 Å². The van der Waals surface area contributed by atoms with Gasteiger partial charge in [-0.15, -0.1) is 0 Å². The molecule has 2 rings (SSSR count). The number of carbonyl (C=O) groups is 2. The summed E-state index contributed by atoms with van der Waals surface area (Å²) in [4.78, 5) is 25.0. The minimum atomic E-state index is -0.833. The lowest BCUT2D eigenvalue weighted by Crippen LogP contribution is -2.48. The number of benzene rings is 1. The first-order chi connectivity index (χ1) is 14.7. The molecule has 6 nitrogen and oxygen atoms in total. The number of alkyl carbamates (subject to hydrolysis) is 1. The summed E-state index contributed by atoms with van der Waals surface area (Å²) in [5, 5.41) is 16.8. The number of hydrogen-bond acceptors (Lipinski definition) is 4. The largest absolute Gasteiger partial charge is 0.444 e. The van der Waals surface area contributed by atoms with Crippen LogP contribution in [0.5, 0.6) is 0 Å². The summed E-state index contributed by atoms with van der Waals surface area (Å²) in [6.45, 7) is 5.46. The average molecular weight is 433 g/mol. The lowest BCUT2D eigenvalue weighted by Gasteiger charge is -2.32. The van der Waals surface area contributed by atoms with Crippen LogP contribution in [0.15, 0.2) is 30.3 Å². The third-order valence-electron chi connectivity index (χ3n) is 5.95. The molecule has 0 spiro atoms. The van der Waals surface area contributed by atoms with E-state index in [1.54, 1.807) is 7.05 Å². The zero-order valence-corrected chi connectivity index (χ0v) is 19.5. The number of aliphatic hydroxyl groups excluding tert-OH is 1. The molecular formula is C25H40N2O4. The van der Waals surface area contributed by atoms with Crippen molar-refractivity contribution < 1.29 is 19.4 Å². The molecule has 3 N–H and O–H groups in total. The average Bonchev–Trinajstić information content (AvgIpc) is 2.72. The minimum absolute atomic E-state index is 0.100. The zero-order chi connectivity index (χ0) is 22.9. The van der Waals surface area contributed by atoms with Gasteiger partial charge in [-0.05, 0) is 51.5 Å². The van der Waals surface area contributed by atoms with E-state index in [1.165, 1.54) is 19.3 Å². The van der Waals surface area contributed by atoms with Gasteiger partial charge in [0.05, 0.1) is 12.1 Å². The van der Waals surface area contributed by atoms with Crippen LogP contribution in [0.2, 0.25) is 0 Å². The molecule has 1 aliphatic rings. The fourth-order valence-corrected chi connectivity index (χ4v) is 4.39. The normalized spacial score (nSPS) is 18.0. The van der Waals surface area contributed by atoms with Gasteiger partial charge in [0.1, 0.15) is 5.60 Å². The second-order valence-corrected chi connectivity index (χ2v) is 9.80. The van der Waals surface area contributed by atoms with Crippen molar-refractivity contribution in [1.82, 2.24) is 10.6 Å². The van der Waals surface area contributed by atoms with E-state index in [-0.39, 0.29) is 18.2 Å².